The first-order chi connectivity index (χ1) is 12.2. The number of carbonyl (C=O) groups excluding carboxylic acids is 1. The van der Waals surface area contributed by atoms with Gasteiger partial charge >= 0.3 is 0 Å². The van der Waals surface area contributed by atoms with E-state index in [9.17, 15) is 4.79 Å². The number of amides is 1. The zero-order chi connectivity index (χ0) is 17.5. The molecule has 1 N–H and O–H groups in total. The van der Waals surface area contributed by atoms with E-state index in [2.05, 4.69) is 34.6 Å². The van der Waals surface area contributed by atoms with Crippen LogP contribution in [0.3, 0.4) is 0 Å². The molecule has 25 heavy (non-hydrogen) atoms. The molecule has 0 saturated carbocycles. The maximum absolute atomic E-state index is 12.1. The topological polar surface area (TPSA) is 64.1 Å². The van der Waals surface area contributed by atoms with Crippen molar-refractivity contribution < 1.29 is 9.53 Å². The third-order valence-corrected chi connectivity index (χ3v) is 4.54. The summed E-state index contributed by atoms with van der Waals surface area (Å²) < 4.78 is 5.72. The average molecular weight is 353 g/mol. The monoisotopic (exact) mass is 353 g/mol. The number of ether oxygens (including phenoxy) is 1. The van der Waals surface area contributed by atoms with Crippen LogP contribution in [0.2, 0.25) is 0 Å². The number of carbonyl (C=O) groups is 1. The van der Waals surface area contributed by atoms with E-state index in [-0.39, 0.29) is 5.91 Å². The van der Waals surface area contributed by atoms with Gasteiger partial charge < -0.3 is 4.74 Å². The van der Waals surface area contributed by atoms with Gasteiger partial charge in [0.1, 0.15) is 10.8 Å². The highest BCUT2D eigenvalue weighted by Gasteiger charge is 2.10. The van der Waals surface area contributed by atoms with Gasteiger partial charge in [-0.25, -0.2) is 0 Å². The lowest BCUT2D eigenvalue weighted by molar-refractivity contribution is 0.102. The van der Waals surface area contributed by atoms with Crippen LogP contribution in [0, 0.1) is 0 Å². The predicted octanol–water partition coefficient (Wildman–Crippen LogP) is 3.97. The maximum Gasteiger partial charge on any atom is 0.257 e. The first-order valence-corrected chi connectivity index (χ1v) is 8.97. The Bertz CT molecular complexity index is 816. The summed E-state index contributed by atoms with van der Waals surface area (Å²) in [5.74, 6) is 0.662. The van der Waals surface area contributed by atoms with Crippen LogP contribution in [0.1, 0.15) is 27.9 Å². The number of benzene rings is 2. The van der Waals surface area contributed by atoms with Gasteiger partial charge in [0.2, 0.25) is 5.13 Å². The van der Waals surface area contributed by atoms with E-state index in [1.165, 1.54) is 16.9 Å². The molecule has 1 aromatic heterocycles. The first-order valence-electron chi connectivity index (χ1n) is 8.15. The molecule has 0 radical (unpaired) electrons. The van der Waals surface area contributed by atoms with Crippen molar-refractivity contribution in [2.45, 2.75) is 19.8 Å². The van der Waals surface area contributed by atoms with Gasteiger partial charge in [0.05, 0.1) is 6.61 Å². The Morgan fingerprint density at radius 1 is 1.08 bits per heavy atom. The lowest BCUT2D eigenvalue weighted by Crippen LogP contribution is -2.11. The van der Waals surface area contributed by atoms with Gasteiger partial charge in [0.25, 0.3) is 5.91 Å². The number of nitrogens with one attached hydrogen (secondary N) is 1. The molecule has 0 saturated heterocycles. The van der Waals surface area contributed by atoms with Gasteiger partial charge in [-0.05, 0) is 36.2 Å². The second-order valence-corrected chi connectivity index (χ2v) is 6.48. The van der Waals surface area contributed by atoms with E-state index in [1.54, 1.807) is 12.1 Å². The van der Waals surface area contributed by atoms with Gasteiger partial charge in [-0.2, -0.15) is 0 Å². The Morgan fingerprint density at radius 3 is 2.56 bits per heavy atom. The van der Waals surface area contributed by atoms with Gasteiger partial charge in [-0.1, -0.05) is 48.6 Å². The molecule has 2 aromatic carbocycles. The maximum atomic E-state index is 12.1. The van der Waals surface area contributed by atoms with Gasteiger partial charge in [0, 0.05) is 12.0 Å². The minimum Gasteiger partial charge on any atom is -0.493 e. The van der Waals surface area contributed by atoms with Gasteiger partial charge in [-0.3, -0.25) is 10.1 Å². The Kier molecular flexibility index (Phi) is 5.74. The lowest BCUT2D eigenvalue weighted by Gasteiger charge is -2.05. The van der Waals surface area contributed by atoms with Crippen molar-refractivity contribution in [3.8, 4) is 5.75 Å². The van der Waals surface area contributed by atoms with Crippen molar-refractivity contribution in [1.82, 2.24) is 10.2 Å². The molecule has 0 fully saturated rings. The smallest absolute Gasteiger partial charge is 0.257 e. The molecule has 0 bridgehead atoms. The molecule has 5 nitrogen and oxygen atoms in total. The van der Waals surface area contributed by atoms with E-state index in [1.807, 2.05) is 30.3 Å². The summed E-state index contributed by atoms with van der Waals surface area (Å²) in [6.07, 6.45) is 1.66. The third kappa shape index (κ3) is 4.87. The van der Waals surface area contributed by atoms with Gasteiger partial charge in [0.15, 0.2) is 0 Å². The number of nitrogens with zero attached hydrogens (tertiary/aromatic N) is 2. The second-order valence-electron chi connectivity index (χ2n) is 5.42. The molecule has 6 heteroatoms. The SMILES string of the molecule is CCc1ccc(OCCc2nnc(NC(=O)c3ccccc3)s2)cc1. The van der Waals surface area contributed by atoms with E-state index >= 15 is 0 Å². The summed E-state index contributed by atoms with van der Waals surface area (Å²) in [6.45, 7) is 2.65. The standard InChI is InChI=1S/C19H19N3O2S/c1-2-14-8-10-16(11-9-14)24-13-12-17-21-22-19(25-17)20-18(23)15-6-4-3-5-7-15/h3-11H,2,12-13H2,1H3,(H,20,22,23). The van der Waals surface area contributed by atoms with Crippen molar-refractivity contribution in [2.75, 3.05) is 11.9 Å². The van der Waals surface area contributed by atoms with E-state index < -0.39 is 0 Å². The van der Waals surface area contributed by atoms with Crippen LogP contribution in [0.5, 0.6) is 5.75 Å². The summed E-state index contributed by atoms with van der Waals surface area (Å²) in [4.78, 5) is 12.1. The number of hydrogen-bond donors (Lipinski definition) is 1. The fraction of sp³-hybridized carbons (Fsp3) is 0.211. The molecule has 0 aliphatic heterocycles. The van der Waals surface area contributed by atoms with Crippen LogP contribution in [-0.4, -0.2) is 22.7 Å². The summed E-state index contributed by atoms with van der Waals surface area (Å²) in [7, 11) is 0. The highest BCUT2D eigenvalue weighted by atomic mass is 32.1. The van der Waals surface area contributed by atoms with Crippen LogP contribution in [0.25, 0.3) is 0 Å². The van der Waals surface area contributed by atoms with Crippen molar-refractivity contribution >= 4 is 22.4 Å². The molecule has 1 amide bonds. The fourth-order valence-electron chi connectivity index (χ4n) is 2.24. The van der Waals surface area contributed by atoms with Gasteiger partial charge in [-0.15, -0.1) is 10.2 Å². The van der Waals surface area contributed by atoms with Crippen LogP contribution < -0.4 is 10.1 Å². The zero-order valence-electron chi connectivity index (χ0n) is 13.9. The van der Waals surface area contributed by atoms with Crippen molar-refractivity contribution in [1.29, 1.82) is 0 Å². The second kappa shape index (κ2) is 8.39. The molecule has 128 valence electrons. The Hall–Kier alpha value is -2.73. The van der Waals surface area contributed by atoms with E-state index in [0.717, 1.165) is 17.2 Å². The van der Waals surface area contributed by atoms with Crippen LogP contribution >= 0.6 is 11.3 Å². The number of aryl methyl sites for hydroxylation is 1. The summed E-state index contributed by atoms with van der Waals surface area (Å²) in [6, 6.07) is 17.1. The first kappa shape index (κ1) is 17.1. The fourth-order valence-corrected chi connectivity index (χ4v) is 2.96. The Labute approximate surface area is 150 Å². The number of rotatable bonds is 7. The number of hydrogen-bond acceptors (Lipinski definition) is 5. The van der Waals surface area contributed by atoms with E-state index in [4.69, 9.17) is 4.74 Å². The van der Waals surface area contributed by atoms with Crippen molar-refractivity contribution in [3.63, 3.8) is 0 Å². The normalized spacial score (nSPS) is 10.4. The lowest BCUT2D eigenvalue weighted by atomic mass is 10.2. The number of aromatic nitrogens is 2. The summed E-state index contributed by atoms with van der Waals surface area (Å²) >= 11 is 1.36. The molecular formula is C19H19N3O2S. The Morgan fingerprint density at radius 2 is 1.84 bits per heavy atom. The van der Waals surface area contributed by atoms with Crippen LogP contribution in [0.15, 0.2) is 54.6 Å². The Balaban J connectivity index is 1.49. The third-order valence-electron chi connectivity index (χ3n) is 3.64. The molecular weight excluding hydrogens is 334 g/mol. The highest BCUT2D eigenvalue weighted by molar-refractivity contribution is 7.15. The van der Waals surface area contributed by atoms with Crippen LogP contribution in [-0.2, 0) is 12.8 Å². The molecule has 0 aliphatic rings. The molecule has 0 aliphatic carbocycles. The molecule has 1 heterocycles. The average Bonchev–Trinajstić information content (AvgIpc) is 3.10. The number of anilines is 1. The zero-order valence-corrected chi connectivity index (χ0v) is 14.8. The highest BCUT2D eigenvalue weighted by Crippen LogP contribution is 2.18. The molecule has 3 aromatic rings. The molecule has 0 spiro atoms. The quantitative estimate of drug-likeness (QED) is 0.698. The van der Waals surface area contributed by atoms with Crippen LogP contribution in [0.4, 0.5) is 5.13 Å². The minimum absolute atomic E-state index is 0.185. The molecule has 3 rings (SSSR count). The minimum atomic E-state index is -0.185. The summed E-state index contributed by atoms with van der Waals surface area (Å²) in [5, 5.41) is 12.2. The molecule has 0 atom stereocenters. The van der Waals surface area contributed by atoms with E-state index in [0.29, 0.717) is 23.7 Å². The largest absolute Gasteiger partial charge is 0.493 e. The predicted molar refractivity (Wildman–Crippen MR) is 99.3 cm³/mol. The molecule has 0 unspecified atom stereocenters. The summed E-state index contributed by atoms with van der Waals surface area (Å²) in [5.41, 5.74) is 1.88. The van der Waals surface area contributed by atoms with Crippen molar-refractivity contribution in [2.24, 2.45) is 0 Å². The van der Waals surface area contributed by atoms with Crippen molar-refractivity contribution in [3.05, 3.63) is 70.7 Å².